The van der Waals surface area contributed by atoms with Crippen LogP contribution in [0.1, 0.15) is 11.1 Å². The van der Waals surface area contributed by atoms with Crippen LogP contribution in [0, 0.1) is 17.0 Å². The maximum atomic E-state index is 10.9. The van der Waals surface area contributed by atoms with Crippen molar-refractivity contribution in [3.8, 4) is 0 Å². The molecule has 0 N–H and O–H groups in total. The number of nitrogens with zero attached hydrogens (tertiary/aromatic N) is 3. The van der Waals surface area contributed by atoms with E-state index in [1.165, 1.54) is 6.07 Å². The van der Waals surface area contributed by atoms with E-state index in [1.54, 1.807) is 24.2 Å². The summed E-state index contributed by atoms with van der Waals surface area (Å²) in [5.41, 5.74) is 2.40. The highest BCUT2D eigenvalue weighted by Gasteiger charge is 2.10. The molecule has 20 heavy (non-hydrogen) atoms. The van der Waals surface area contributed by atoms with Gasteiger partial charge in [0.1, 0.15) is 0 Å². The fraction of sp³-hybridized carbons (Fsp3) is 0.133. The summed E-state index contributed by atoms with van der Waals surface area (Å²) in [7, 11) is 1.83. The molecule has 0 bridgehead atoms. The Morgan fingerprint density at radius 3 is 2.55 bits per heavy atom. The Hall–Kier alpha value is -2.69. The summed E-state index contributed by atoms with van der Waals surface area (Å²) in [6.45, 7) is 1.72. The average molecular weight is 269 g/mol. The summed E-state index contributed by atoms with van der Waals surface area (Å²) in [5, 5.41) is 16.9. The van der Waals surface area contributed by atoms with Crippen molar-refractivity contribution in [1.29, 1.82) is 0 Å². The van der Waals surface area contributed by atoms with Gasteiger partial charge >= 0.3 is 0 Å². The summed E-state index contributed by atoms with van der Waals surface area (Å²) in [6, 6.07) is 14.7. The molecule has 0 radical (unpaired) electrons. The van der Waals surface area contributed by atoms with Crippen LogP contribution in [0.4, 0.5) is 11.4 Å². The van der Waals surface area contributed by atoms with Gasteiger partial charge in [-0.25, -0.2) is 0 Å². The molecular weight excluding hydrogens is 254 g/mol. The summed E-state index contributed by atoms with van der Waals surface area (Å²) in [6.07, 6.45) is 1.61. The molecule has 2 rings (SSSR count). The molecule has 0 aromatic heterocycles. The first kappa shape index (κ1) is 13.7. The highest BCUT2D eigenvalue weighted by Crippen LogP contribution is 2.18. The van der Waals surface area contributed by atoms with E-state index in [0.717, 1.165) is 5.69 Å². The molecule has 0 amide bonds. The second kappa shape index (κ2) is 5.97. The molecule has 0 aliphatic rings. The maximum Gasteiger partial charge on any atom is 0.272 e. The first-order valence-electron chi connectivity index (χ1n) is 6.16. The van der Waals surface area contributed by atoms with Crippen molar-refractivity contribution in [3.05, 3.63) is 69.8 Å². The predicted molar refractivity (Wildman–Crippen MR) is 80.3 cm³/mol. The quantitative estimate of drug-likeness (QED) is 0.485. The van der Waals surface area contributed by atoms with Gasteiger partial charge in [0.25, 0.3) is 5.69 Å². The van der Waals surface area contributed by atoms with Crippen molar-refractivity contribution in [2.24, 2.45) is 5.10 Å². The van der Waals surface area contributed by atoms with Crippen LogP contribution in [0.3, 0.4) is 0 Å². The minimum Gasteiger partial charge on any atom is -0.269 e. The first-order valence-corrected chi connectivity index (χ1v) is 6.16. The topological polar surface area (TPSA) is 58.7 Å². The largest absolute Gasteiger partial charge is 0.272 e. The number of nitro benzene ring substituents is 1. The molecule has 5 heteroatoms. The molecule has 0 aliphatic heterocycles. The van der Waals surface area contributed by atoms with Crippen molar-refractivity contribution in [2.45, 2.75) is 6.92 Å². The van der Waals surface area contributed by atoms with Gasteiger partial charge < -0.3 is 0 Å². The van der Waals surface area contributed by atoms with E-state index in [1.807, 2.05) is 43.4 Å². The van der Waals surface area contributed by atoms with Crippen LogP contribution in [-0.2, 0) is 0 Å². The van der Waals surface area contributed by atoms with E-state index in [2.05, 4.69) is 5.10 Å². The molecule has 0 saturated heterocycles. The maximum absolute atomic E-state index is 10.9. The molecule has 5 nitrogen and oxygen atoms in total. The normalized spacial score (nSPS) is 10.7. The second-order valence-electron chi connectivity index (χ2n) is 4.41. The van der Waals surface area contributed by atoms with E-state index >= 15 is 0 Å². The third kappa shape index (κ3) is 3.20. The summed E-state index contributed by atoms with van der Waals surface area (Å²) >= 11 is 0. The van der Waals surface area contributed by atoms with Crippen LogP contribution in [-0.4, -0.2) is 18.2 Å². The SMILES string of the molecule is Cc1ccc(/C=N\N(C)c2ccccc2)cc1[N+](=O)[O-]. The Morgan fingerprint density at radius 2 is 1.90 bits per heavy atom. The molecule has 2 aromatic carbocycles. The number of aryl methyl sites for hydroxylation is 1. The van der Waals surface area contributed by atoms with Crippen molar-refractivity contribution in [2.75, 3.05) is 12.1 Å². The highest BCUT2D eigenvalue weighted by atomic mass is 16.6. The number of hydrogen-bond donors (Lipinski definition) is 0. The lowest BCUT2D eigenvalue weighted by Crippen LogP contribution is -2.08. The molecule has 0 fully saturated rings. The molecule has 2 aromatic rings. The van der Waals surface area contributed by atoms with Gasteiger partial charge in [0.15, 0.2) is 0 Å². The second-order valence-corrected chi connectivity index (χ2v) is 4.41. The van der Waals surface area contributed by atoms with Crippen molar-refractivity contribution >= 4 is 17.6 Å². The first-order chi connectivity index (χ1) is 9.58. The van der Waals surface area contributed by atoms with Gasteiger partial charge in [-0.3, -0.25) is 15.1 Å². The molecule has 102 valence electrons. The lowest BCUT2D eigenvalue weighted by molar-refractivity contribution is -0.385. The average Bonchev–Trinajstić information content (AvgIpc) is 2.46. The van der Waals surface area contributed by atoms with E-state index in [4.69, 9.17) is 0 Å². The van der Waals surface area contributed by atoms with Gasteiger partial charge in [0, 0.05) is 24.2 Å². The van der Waals surface area contributed by atoms with Crippen LogP contribution >= 0.6 is 0 Å². The molecule has 0 aliphatic carbocycles. The van der Waals surface area contributed by atoms with E-state index in [9.17, 15) is 10.1 Å². The lowest BCUT2D eigenvalue weighted by Gasteiger charge is -2.12. The minimum absolute atomic E-state index is 0.108. The number of hydrazone groups is 1. The van der Waals surface area contributed by atoms with E-state index in [-0.39, 0.29) is 10.6 Å². The Balaban J connectivity index is 2.20. The molecule has 0 unspecified atom stereocenters. The van der Waals surface area contributed by atoms with E-state index in [0.29, 0.717) is 11.1 Å². The highest BCUT2D eigenvalue weighted by molar-refractivity contribution is 5.81. The van der Waals surface area contributed by atoms with Gasteiger partial charge in [-0.2, -0.15) is 5.10 Å². The minimum atomic E-state index is -0.381. The standard InChI is InChI=1S/C15H15N3O2/c1-12-8-9-13(10-15(12)18(19)20)11-16-17(2)14-6-4-3-5-7-14/h3-11H,1-2H3/b16-11-. The number of benzene rings is 2. The Labute approximate surface area is 117 Å². The Bertz CT molecular complexity index is 639. The van der Waals surface area contributed by atoms with Gasteiger partial charge in [-0.05, 0) is 19.1 Å². The number of hydrogen-bond acceptors (Lipinski definition) is 4. The zero-order chi connectivity index (χ0) is 14.5. The summed E-state index contributed by atoms with van der Waals surface area (Å²) in [4.78, 5) is 10.5. The van der Waals surface area contributed by atoms with Crippen molar-refractivity contribution in [1.82, 2.24) is 0 Å². The van der Waals surface area contributed by atoms with Gasteiger partial charge in [0.05, 0.1) is 16.8 Å². The fourth-order valence-electron chi connectivity index (χ4n) is 1.77. The van der Waals surface area contributed by atoms with Crippen LogP contribution in [0.25, 0.3) is 0 Å². The lowest BCUT2D eigenvalue weighted by atomic mass is 10.1. The molecule has 0 saturated carbocycles. The summed E-state index contributed by atoms with van der Waals surface area (Å²) < 4.78 is 0. The van der Waals surface area contributed by atoms with Crippen LogP contribution < -0.4 is 5.01 Å². The monoisotopic (exact) mass is 269 g/mol. The zero-order valence-corrected chi connectivity index (χ0v) is 11.4. The molecule has 0 atom stereocenters. The Kier molecular flexibility index (Phi) is 4.10. The van der Waals surface area contributed by atoms with Crippen LogP contribution in [0.15, 0.2) is 53.6 Å². The molecule has 0 heterocycles. The van der Waals surface area contributed by atoms with Gasteiger partial charge in [-0.1, -0.05) is 30.3 Å². The zero-order valence-electron chi connectivity index (χ0n) is 11.4. The smallest absolute Gasteiger partial charge is 0.269 e. The molecule has 0 spiro atoms. The third-order valence-electron chi connectivity index (χ3n) is 2.94. The van der Waals surface area contributed by atoms with Gasteiger partial charge in [0.2, 0.25) is 0 Å². The number of anilines is 1. The predicted octanol–water partition coefficient (Wildman–Crippen LogP) is 3.37. The summed E-state index contributed by atoms with van der Waals surface area (Å²) in [5.74, 6) is 0. The fourth-order valence-corrected chi connectivity index (χ4v) is 1.77. The number of para-hydroxylation sites is 1. The van der Waals surface area contributed by atoms with Crippen LogP contribution in [0.2, 0.25) is 0 Å². The van der Waals surface area contributed by atoms with Crippen molar-refractivity contribution < 1.29 is 4.92 Å². The number of rotatable bonds is 4. The number of nitro groups is 1. The molecular formula is C15H15N3O2. The van der Waals surface area contributed by atoms with Crippen molar-refractivity contribution in [3.63, 3.8) is 0 Å². The Morgan fingerprint density at radius 1 is 1.20 bits per heavy atom. The van der Waals surface area contributed by atoms with E-state index < -0.39 is 0 Å². The van der Waals surface area contributed by atoms with Gasteiger partial charge in [-0.15, -0.1) is 0 Å². The third-order valence-corrected chi connectivity index (χ3v) is 2.94. The van der Waals surface area contributed by atoms with Crippen LogP contribution in [0.5, 0.6) is 0 Å².